The molecular weight excluding hydrogens is 390 g/mol. The summed E-state index contributed by atoms with van der Waals surface area (Å²) in [6.07, 6.45) is 8.70. The van der Waals surface area contributed by atoms with Crippen LogP contribution in [0.5, 0.6) is 0 Å². The normalized spacial score (nSPS) is 39.8. The van der Waals surface area contributed by atoms with E-state index in [-0.39, 0.29) is 22.7 Å². The third kappa shape index (κ3) is 3.98. The van der Waals surface area contributed by atoms with Crippen LogP contribution < -0.4 is 5.32 Å². The minimum absolute atomic E-state index is 0.0840. The number of carbonyl (C=O) groups excluding carboxylic acids is 3. The minimum atomic E-state index is -0.509. The van der Waals surface area contributed by atoms with E-state index in [4.69, 9.17) is 4.74 Å². The topological polar surface area (TPSA) is 72.5 Å². The lowest BCUT2D eigenvalue weighted by molar-refractivity contribution is -0.135. The standard InChI is InChI=1S/C26H39NO4/c1-24(2,3)31-23(30)27-13-10-16-14-17-15-18(28)8-11-25(17,4)20-9-12-26(5)19(22(16)20)6-7-21(26)29/h15-16,19-20,22H,6-14H2,1-5H3,(H,27,30)/t16?,19?,20?,22?,25-,26-/m0/s1. The number of fused-ring (bicyclic) bond motifs is 5. The summed E-state index contributed by atoms with van der Waals surface area (Å²) in [5.41, 5.74) is 0.714. The molecule has 4 aliphatic carbocycles. The Morgan fingerprint density at radius 1 is 1.10 bits per heavy atom. The van der Waals surface area contributed by atoms with Crippen LogP contribution in [0.1, 0.15) is 86.0 Å². The number of hydrogen-bond acceptors (Lipinski definition) is 4. The fourth-order valence-electron chi connectivity index (χ4n) is 7.45. The van der Waals surface area contributed by atoms with Crippen molar-refractivity contribution >= 4 is 17.7 Å². The van der Waals surface area contributed by atoms with Gasteiger partial charge in [0.15, 0.2) is 5.78 Å². The lowest BCUT2D eigenvalue weighted by Gasteiger charge is -2.59. The van der Waals surface area contributed by atoms with E-state index in [1.165, 1.54) is 5.57 Å². The Morgan fingerprint density at radius 3 is 2.52 bits per heavy atom. The maximum Gasteiger partial charge on any atom is 0.407 e. The van der Waals surface area contributed by atoms with E-state index in [9.17, 15) is 14.4 Å². The molecule has 3 saturated carbocycles. The van der Waals surface area contributed by atoms with Gasteiger partial charge in [0.05, 0.1) is 0 Å². The van der Waals surface area contributed by atoms with Gasteiger partial charge in [-0.05, 0) is 94.5 Å². The van der Waals surface area contributed by atoms with Crippen LogP contribution >= 0.6 is 0 Å². The van der Waals surface area contributed by atoms with Crippen LogP contribution in [0.4, 0.5) is 4.79 Å². The second-order valence-corrected chi connectivity index (χ2v) is 11.9. The average molecular weight is 430 g/mol. The number of ether oxygens (including phenoxy) is 1. The number of hydrogen-bond donors (Lipinski definition) is 1. The van der Waals surface area contributed by atoms with Crippen LogP contribution in [-0.2, 0) is 14.3 Å². The van der Waals surface area contributed by atoms with Gasteiger partial charge in [-0.25, -0.2) is 4.79 Å². The van der Waals surface area contributed by atoms with Gasteiger partial charge in [0, 0.05) is 24.8 Å². The molecule has 0 aromatic carbocycles. The Kier molecular flexibility index (Phi) is 5.63. The zero-order valence-corrected chi connectivity index (χ0v) is 19.9. The summed E-state index contributed by atoms with van der Waals surface area (Å²) in [5, 5.41) is 2.94. The number of nitrogens with one attached hydrogen (secondary N) is 1. The third-order valence-corrected chi connectivity index (χ3v) is 9.03. The van der Waals surface area contributed by atoms with Gasteiger partial charge in [-0.3, -0.25) is 9.59 Å². The van der Waals surface area contributed by atoms with E-state index in [0.717, 1.165) is 38.5 Å². The van der Waals surface area contributed by atoms with E-state index in [1.807, 2.05) is 26.8 Å². The molecule has 0 spiro atoms. The number of alkyl carbamates (subject to hydrolysis) is 1. The molecule has 4 rings (SSSR count). The van der Waals surface area contributed by atoms with Gasteiger partial charge in [0.25, 0.3) is 0 Å². The minimum Gasteiger partial charge on any atom is -0.444 e. The third-order valence-electron chi connectivity index (χ3n) is 9.03. The second kappa shape index (κ2) is 7.74. The molecule has 4 aliphatic rings. The smallest absolute Gasteiger partial charge is 0.407 e. The Balaban J connectivity index is 1.56. The largest absolute Gasteiger partial charge is 0.444 e. The molecule has 1 amide bonds. The summed E-state index contributed by atoms with van der Waals surface area (Å²) in [7, 11) is 0. The predicted molar refractivity (Wildman–Crippen MR) is 119 cm³/mol. The number of ketones is 2. The summed E-state index contributed by atoms with van der Waals surface area (Å²) in [6.45, 7) is 10.7. The van der Waals surface area contributed by atoms with Crippen molar-refractivity contribution in [2.24, 2.45) is 34.5 Å². The van der Waals surface area contributed by atoms with E-state index < -0.39 is 5.60 Å². The van der Waals surface area contributed by atoms with Crippen molar-refractivity contribution < 1.29 is 19.1 Å². The van der Waals surface area contributed by atoms with Crippen molar-refractivity contribution in [1.29, 1.82) is 0 Å². The lowest BCUT2D eigenvalue weighted by Crippen LogP contribution is -2.54. The van der Waals surface area contributed by atoms with E-state index in [0.29, 0.717) is 48.8 Å². The fraction of sp³-hybridized carbons (Fsp3) is 0.808. The van der Waals surface area contributed by atoms with Gasteiger partial charge in [0.2, 0.25) is 0 Å². The molecular formula is C26H39NO4. The maximum absolute atomic E-state index is 12.8. The first-order chi connectivity index (χ1) is 14.4. The number of rotatable bonds is 3. The van der Waals surface area contributed by atoms with Crippen molar-refractivity contribution in [2.75, 3.05) is 6.54 Å². The number of allylic oxidation sites excluding steroid dienone is 1. The van der Waals surface area contributed by atoms with Crippen LogP contribution in [-0.4, -0.2) is 29.8 Å². The van der Waals surface area contributed by atoms with Crippen LogP contribution in [0, 0.1) is 34.5 Å². The summed E-state index contributed by atoms with van der Waals surface area (Å²) in [5.74, 6) is 2.54. The van der Waals surface area contributed by atoms with Gasteiger partial charge >= 0.3 is 6.09 Å². The van der Waals surface area contributed by atoms with Crippen LogP contribution in [0.2, 0.25) is 0 Å². The molecule has 31 heavy (non-hydrogen) atoms. The number of Topliss-reactive ketones (excluding diaryl/α,β-unsaturated/α-hetero) is 1. The van der Waals surface area contributed by atoms with E-state index in [2.05, 4.69) is 19.2 Å². The Hall–Kier alpha value is -1.65. The highest BCUT2D eigenvalue weighted by molar-refractivity contribution is 5.91. The summed E-state index contributed by atoms with van der Waals surface area (Å²) < 4.78 is 5.40. The summed E-state index contributed by atoms with van der Waals surface area (Å²) in [4.78, 5) is 37.2. The Morgan fingerprint density at radius 2 is 1.81 bits per heavy atom. The highest BCUT2D eigenvalue weighted by Crippen LogP contribution is 2.66. The SMILES string of the molecule is CC(C)(C)OC(=O)NCCC1CC2=CC(=O)CC[C@]2(C)C2CC[C@]3(C)C(=O)CCC3C12. The monoisotopic (exact) mass is 429 g/mol. The average Bonchev–Trinajstić information content (AvgIpc) is 2.96. The maximum atomic E-state index is 12.8. The lowest BCUT2D eigenvalue weighted by atomic mass is 9.45. The molecule has 1 N–H and O–H groups in total. The van der Waals surface area contributed by atoms with Crippen molar-refractivity contribution in [2.45, 2.75) is 91.6 Å². The fourth-order valence-corrected chi connectivity index (χ4v) is 7.45. The predicted octanol–water partition coefficient (Wildman–Crippen LogP) is 5.23. The molecule has 0 aromatic heterocycles. The van der Waals surface area contributed by atoms with Crippen LogP contribution in [0.15, 0.2) is 11.6 Å². The zero-order valence-electron chi connectivity index (χ0n) is 19.9. The first-order valence-electron chi connectivity index (χ1n) is 12.2. The van der Waals surface area contributed by atoms with Gasteiger partial charge in [0.1, 0.15) is 11.4 Å². The van der Waals surface area contributed by atoms with Crippen molar-refractivity contribution in [3.63, 3.8) is 0 Å². The number of carbonyl (C=O) groups is 3. The Labute approximate surface area is 186 Å². The summed E-state index contributed by atoms with van der Waals surface area (Å²) in [6, 6.07) is 0. The first kappa shape index (κ1) is 22.5. The van der Waals surface area contributed by atoms with Crippen molar-refractivity contribution in [3.8, 4) is 0 Å². The molecule has 6 atom stereocenters. The van der Waals surface area contributed by atoms with Gasteiger partial charge in [-0.1, -0.05) is 19.4 Å². The molecule has 0 heterocycles. The van der Waals surface area contributed by atoms with Gasteiger partial charge < -0.3 is 10.1 Å². The molecule has 172 valence electrons. The molecule has 0 radical (unpaired) electrons. The van der Waals surface area contributed by atoms with E-state index in [1.54, 1.807) is 0 Å². The first-order valence-corrected chi connectivity index (χ1v) is 12.2. The molecule has 0 aromatic rings. The second-order valence-electron chi connectivity index (χ2n) is 11.9. The van der Waals surface area contributed by atoms with Crippen molar-refractivity contribution in [1.82, 2.24) is 5.32 Å². The molecule has 0 aliphatic heterocycles. The van der Waals surface area contributed by atoms with Gasteiger partial charge in [-0.15, -0.1) is 0 Å². The zero-order chi connectivity index (χ0) is 22.6. The number of amides is 1. The molecule has 0 bridgehead atoms. The van der Waals surface area contributed by atoms with Crippen LogP contribution in [0.3, 0.4) is 0 Å². The van der Waals surface area contributed by atoms with E-state index >= 15 is 0 Å². The highest BCUT2D eigenvalue weighted by atomic mass is 16.6. The highest BCUT2D eigenvalue weighted by Gasteiger charge is 2.61. The molecule has 3 fully saturated rings. The Bertz CT molecular complexity index is 809. The van der Waals surface area contributed by atoms with Crippen molar-refractivity contribution in [3.05, 3.63) is 11.6 Å². The molecule has 0 saturated heterocycles. The quantitative estimate of drug-likeness (QED) is 0.667. The molecule has 5 nitrogen and oxygen atoms in total. The molecule has 5 heteroatoms. The molecule has 4 unspecified atom stereocenters. The summed E-state index contributed by atoms with van der Waals surface area (Å²) >= 11 is 0. The van der Waals surface area contributed by atoms with Gasteiger partial charge in [-0.2, -0.15) is 0 Å². The van der Waals surface area contributed by atoms with Crippen LogP contribution in [0.25, 0.3) is 0 Å².